The monoisotopic (exact) mass is 453 g/mol. The molecule has 0 saturated carbocycles. The fourth-order valence-electron chi connectivity index (χ4n) is 4.72. The first-order valence-electron chi connectivity index (χ1n) is 9.45. The Hall–Kier alpha value is -1.44. The van der Waals surface area contributed by atoms with Gasteiger partial charge in [-0.2, -0.15) is 0 Å². The summed E-state index contributed by atoms with van der Waals surface area (Å²) in [4.78, 5) is 28.0. The lowest BCUT2D eigenvalue weighted by Crippen LogP contribution is -2.68. The van der Waals surface area contributed by atoms with Crippen LogP contribution in [0.1, 0.15) is 40.2 Å². The van der Waals surface area contributed by atoms with Crippen molar-refractivity contribution in [1.82, 2.24) is 4.90 Å². The number of fused-ring (bicyclic) bond motifs is 1. The van der Waals surface area contributed by atoms with Gasteiger partial charge >= 0.3 is 5.97 Å². The smallest absolute Gasteiger partial charge is 0.337 e. The number of carbonyl (C=O) groups excluding carboxylic acids is 2. The molecular weight excluding hydrogens is 426 g/mol. The molecule has 1 N–H and O–H groups in total. The summed E-state index contributed by atoms with van der Waals surface area (Å²) in [5, 5.41) is 12.0. The van der Waals surface area contributed by atoms with Crippen molar-refractivity contribution in [2.45, 2.75) is 64.5 Å². The molecule has 0 bridgehead atoms. The Kier molecular flexibility index (Phi) is 5.18. The molecule has 0 radical (unpaired) electrons. The largest absolute Gasteiger partial charge is 0.467 e. The summed E-state index contributed by atoms with van der Waals surface area (Å²) in [6, 6.07) is 7.48. The Balaban J connectivity index is 2.19. The molecule has 2 aliphatic rings. The molecule has 1 amide bonds. The maximum absolute atomic E-state index is 13.3. The summed E-state index contributed by atoms with van der Waals surface area (Å²) < 4.78 is 12.2. The van der Waals surface area contributed by atoms with Crippen molar-refractivity contribution in [2.75, 3.05) is 7.11 Å². The molecule has 0 aliphatic carbocycles. The van der Waals surface area contributed by atoms with Gasteiger partial charge in [0, 0.05) is 16.3 Å². The predicted octanol–water partition coefficient (Wildman–Crippen LogP) is 2.90. The van der Waals surface area contributed by atoms with Gasteiger partial charge in [0.15, 0.2) is 5.54 Å². The Labute approximate surface area is 174 Å². The van der Waals surface area contributed by atoms with Gasteiger partial charge in [0.1, 0.15) is 11.8 Å². The highest BCUT2D eigenvalue weighted by Crippen LogP contribution is 2.55. The third kappa shape index (κ3) is 2.74. The lowest BCUT2D eigenvalue weighted by molar-refractivity contribution is -0.172. The number of amides is 1. The maximum atomic E-state index is 13.3. The van der Waals surface area contributed by atoms with Gasteiger partial charge in [0.05, 0.1) is 19.1 Å². The van der Waals surface area contributed by atoms with Crippen molar-refractivity contribution >= 4 is 27.8 Å². The molecule has 1 aromatic rings. The summed E-state index contributed by atoms with van der Waals surface area (Å²) in [7, 11) is 1.28. The van der Waals surface area contributed by atoms with Gasteiger partial charge in [-0.1, -0.05) is 55.8 Å². The second-order valence-corrected chi connectivity index (χ2v) is 9.83. The number of ether oxygens (including phenoxy) is 2. The van der Waals surface area contributed by atoms with Crippen molar-refractivity contribution in [3.63, 3.8) is 0 Å². The van der Waals surface area contributed by atoms with Crippen LogP contribution in [-0.2, 0) is 25.5 Å². The van der Waals surface area contributed by atoms with Crippen LogP contribution in [0.4, 0.5) is 0 Å². The number of hydrogen-bond acceptors (Lipinski definition) is 5. The zero-order chi connectivity index (χ0) is 21.1. The van der Waals surface area contributed by atoms with E-state index in [9.17, 15) is 14.7 Å². The van der Waals surface area contributed by atoms with Crippen molar-refractivity contribution in [3.8, 4) is 0 Å². The minimum absolute atomic E-state index is 0.128. The molecule has 28 heavy (non-hydrogen) atoms. The van der Waals surface area contributed by atoms with Crippen molar-refractivity contribution in [2.24, 2.45) is 11.3 Å². The van der Waals surface area contributed by atoms with Crippen LogP contribution < -0.4 is 0 Å². The van der Waals surface area contributed by atoms with Crippen molar-refractivity contribution < 1.29 is 24.2 Å². The maximum Gasteiger partial charge on any atom is 0.337 e. The zero-order valence-electron chi connectivity index (χ0n) is 17.2. The topological polar surface area (TPSA) is 76.1 Å². The third-order valence-electron chi connectivity index (χ3n) is 6.14. The van der Waals surface area contributed by atoms with Crippen LogP contribution in [0.25, 0.3) is 0 Å². The van der Waals surface area contributed by atoms with Gasteiger partial charge in [-0.25, -0.2) is 4.79 Å². The lowest BCUT2D eigenvalue weighted by Gasteiger charge is -2.43. The minimum atomic E-state index is -1.68. The zero-order valence-corrected chi connectivity index (χ0v) is 18.7. The van der Waals surface area contributed by atoms with E-state index in [0.29, 0.717) is 0 Å². The number of carbonyl (C=O) groups is 2. The average molecular weight is 454 g/mol. The fraction of sp³-hybridized carbons (Fsp3) is 0.619. The lowest BCUT2D eigenvalue weighted by atomic mass is 9.69. The van der Waals surface area contributed by atoms with Crippen molar-refractivity contribution in [3.05, 3.63) is 34.3 Å². The third-order valence-corrected chi connectivity index (χ3v) is 6.67. The number of nitrogens with zero attached hydrogens (tertiary/aromatic N) is 1. The van der Waals surface area contributed by atoms with E-state index in [1.807, 2.05) is 45.0 Å². The van der Waals surface area contributed by atoms with E-state index in [1.54, 1.807) is 13.8 Å². The number of methoxy groups -OCH3 is 1. The van der Waals surface area contributed by atoms with Crippen LogP contribution in [0.2, 0.25) is 0 Å². The fourth-order valence-corrected chi connectivity index (χ4v) is 4.98. The Morgan fingerprint density at radius 3 is 2.36 bits per heavy atom. The molecule has 2 aliphatic heterocycles. The molecule has 0 unspecified atom stereocenters. The second-order valence-electron chi connectivity index (χ2n) is 8.91. The molecule has 0 spiro atoms. The Bertz CT molecular complexity index is 789. The molecule has 3 rings (SSSR count). The van der Waals surface area contributed by atoms with E-state index < -0.39 is 40.8 Å². The first kappa shape index (κ1) is 21.3. The summed E-state index contributed by atoms with van der Waals surface area (Å²) in [5.41, 5.74) is -2.91. The number of hydrogen-bond donors (Lipinski definition) is 1. The number of benzene rings is 1. The van der Waals surface area contributed by atoms with Gasteiger partial charge in [-0.3, -0.25) is 9.69 Å². The van der Waals surface area contributed by atoms with Gasteiger partial charge in [-0.15, -0.1) is 0 Å². The van der Waals surface area contributed by atoms with E-state index in [1.165, 1.54) is 12.0 Å². The molecule has 5 atom stereocenters. The highest BCUT2D eigenvalue weighted by atomic mass is 79.9. The SMILES string of the molecule is COC(=O)[C@]12[C@@H](C)O[C@H](C(C)(C)C)N1C(=O)[C@@H](C)[C@]2(O)Cc1ccc(Br)cc1. The number of rotatable bonds is 3. The molecule has 1 aromatic carbocycles. The Morgan fingerprint density at radius 1 is 1.29 bits per heavy atom. The van der Waals surface area contributed by atoms with Crippen LogP contribution in [0.3, 0.4) is 0 Å². The highest BCUT2D eigenvalue weighted by Gasteiger charge is 2.78. The number of aliphatic hydroxyl groups is 1. The first-order chi connectivity index (χ1) is 12.9. The first-order valence-corrected chi connectivity index (χ1v) is 10.2. The minimum Gasteiger partial charge on any atom is -0.467 e. The average Bonchev–Trinajstić information content (AvgIpc) is 3.03. The van der Waals surface area contributed by atoms with E-state index in [0.717, 1.165) is 10.0 Å². The predicted molar refractivity (Wildman–Crippen MR) is 107 cm³/mol. The van der Waals surface area contributed by atoms with Crippen LogP contribution in [0.5, 0.6) is 0 Å². The van der Waals surface area contributed by atoms with E-state index in [2.05, 4.69) is 15.9 Å². The van der Waals surface area contributed by atoms with Gasteiger partial charge in [0.25, 0.3) is 0 Å². The molecule has 7 heteroatoms. The number of esters is 1. The van der Waals surface area contributed by atoms with Crippen molar-refractivity contribution in [1.29, 1.82) is 0 Å². The van der Waals surface area contributed by atoms with Crippen LogP contribution in [0.15, 0.2) is 28.7 Å². The summed E-state index contributed by atoms with van der Waals surface area (Å²) in [6.07, 6.45) is -1.24. The van der Waals surface area contributed by atoms with Gasteiger partial charge < -0.3 is 14.6 Å². The molecule has 0 aromatic heterocycles. The molecule has 6 nitrogen and oxygen atoms in total. The van der Waals surface area contributed by atoms with E-state index in [4.69, 9.17) is 9.47 Å². The molecule has 2 heterocycles. The van der Waals surface area contributed by atoms with E-state index >= 15 is 0 Å². The Morgan fingerprint density at radius 2 is 1.86 bits per heavy atom. The van der Waals surface area contributed by atoms with Gasteiger partial charge in [-0.05, 0) is 24.6 Å². The van der Waals surface area contributed by atoms with E-state index in [-0.39, 0.29) is 12.3 Å². The summed E-state index contributed by atoms with van der Waals surface area (Å²) >= 11 is 3.40. The van der Waals surface area contributed by atoms with Crippen LogP contribution >= 0.6 is 15.9 Å². The molecular formula is C21H28BrNO5. The molecule has 154 valence electrons. The van der Waals surface area contributed by atoms with Crippen LogP contribution in [-0.4, -0.2) is 52.5 Å². The molecule has 2 saturated heterocycles. The summed E-state index contributed by atoms with van der Waals surface area (Å²) in [5.74, 6) is -1.73. The van der Waals surface area contributed by atoms with Crippen LogP contribution in [0, 0.1) is 11.3 Å². The molecule has 2 fully saturated rings. The highest BCUT2D eigenvalue weighted by molar-refractivity contribution is 9.10. The second kappa shape index (κ2) is 6.82. The number of halogens is 1. The summed E-state index contributed by atoms with van der Waals surface area (Å²) in [6.45, 7) is 9.25. The quantitative estimate of drug-likeness (QED) is 0.711. The van der Waals surface area contributed by atoms with Gasteiger partial charge in [0.2, 0.25) is 5.91 Å². The normalized spacial score (nSPS) is 35.2. The standard InChI is InChI=1S/C21H28BrNO5/c1-12-16(24)23-17(19(3,4)5)28-13(2)21(23,18(25)27-6)20(12,26)11-14-7-9-15(22)10-8-14/h7-10,12-13,17,26H,11H2,1-6H3/t12-,13-,17-,20-,21+/m1/s1.